The van der Waals surface area contributed by atoms with Crippen LogP contribution in [0.5, 0.6) is 0 Å². The lowest BCUT2D eigenvalue weighted by molar-refractivity contribution is 0.236. The molecule has 0 bridgehead atoms. The summed E-state index contributed by atoms with van der Waals surface area (Å²) in [5.74, 6) is 0. The number of nitrogens with zero attached hydrogens (tertiary/aromatic N) is 1. The van der Waals surface area contributed by atoms with Crippen LogP contribution in [0.3, 0.4) is 0 Å². The van der Waals surface area contributed by atoms with Crippen molar-refractivity contribution in [2.75, 3.05) is 0 Å². The Morgan fingerprint density at radius 3 is 2.50 bits per heavy atom. The zero-order chi connectivity index (χ0) is 9.14. The van der Waals surface area contributed by atoms with E-state index in [1.807, 2.05) is 0 Å². The van der Waals surface area contributed by atoms with Crippen LogP contribution in [0.2, 0.25) is 0 Å². The minimum Gasteiger partial charge on any atom is -0.374 e. The lowest BCUT2D eigenvalue weighted by Gasteiger charge is -2.03. The van der Waals surface area contributed by atoms with Crippen LogP contribution < -0.4 is 0 Å². The van der Waals surface area contributed by atoms with Gasteiger partial charge >= 0.3 is 0 Å². The van der Waals surface area contributed by atoms with E-state index in [1.165, 1.54) is 0 Å². The third-order valence-corrected chi connectivity index (χ3v) is 3.26. The maximum Gasteiger partial charge on any atom is 0.165 e. The quantitative estimate of drug-likeness (QED) is 0.808. The largest absolute Gasteiger partial charge is 0.374 e. The first kappa shape index (κ1) is 9.72. The first-order valence-corrected chi connectivity index (χ1v) is 4.76. The first-order valence-electron chi connectivity index (χ1n) is 3.18. The molecular weight excluding hydrogens is 286 g/mol. The molecule has 62 valence electrons. The molecule has 0 saturated heterocycles. The van der Waals surface area contributed by atoms with Gasteiger partial charge in [-0.05, 0) is 49.6 Å². The lowest BCUT2D eigenvalue weighted by Crippen LogP contribution is -1.92. The molecule has 0 amide bonds. The van der Waals surface area contributed by atoms with Crippen LogP contribution in [-0.2, 0) is 0 Å². The Bertz CT molecular complexity index is 332. The minimum absolute atomic E-state index is 0.590. The molecule has 1 aromatic carbocycles. The summed E-state index contributed by atoms with van der Waals surface area (Å²) < 4.78 is 1.73. The number of halogens is 2. The van der Waals surface area contributed by atoms with Crippen molar-refractivity contribution in [3.8, 4) is 6.07 Å². The van der Waals surface area contributed by atoms with E-state index < -0.39 is 6.10 Å². The van der Waals surface area contributed by atoms with Gasteiger partial charge in [0, 0.05) is 8.95 Å². The average Bonchev–Trinajstić information content (AvgIpc) is 2.08. The fraction of sp³-hybridized carbons (Fsp3) is 0.125. The third-order valence-electron chi connectivity index (χ3n) is 1.38. The SMILES string of the molecule is N#CC(O)c1ccc(Br)c(Br)c1. The van der Waals surface area contributed by atoms with Crippen molar-refractivity contribution in [3.05, 3.63) is 32.7 Å². The van der Waals surface area contributed by atoms with Crippen LogP contribution in [-0.4, -0.2) is 5.11 Å². The number of benzene rings is 1. The van der Waals surface area contributed by atoms with Gasteiger partial charge in [-0.25, -0.2) is 0 Å². The molecule has 1 aromatic rings. The van der Waals surface area contributed by atoms with E-state index in [9.17, 15) is 0 Å². The molecule has 12 heavy (non-hydrogen) atoms. The highest BCUT2D eigenvalue weighted by atomic mass is 79.9. The van der Waals surface area contributed by atoms with Crippen molar-refractivity contribution in [1.82, 2.24) is 0 Å². The van der Waals surface area contributed by atoms with Crippen molar-refractivity contribution in [2.45, 2.75) is 6.10 Å². The molecule has 0 fully saturated rings. The molecule has 1 N–H and O–H groups in total. The summed E-state index contributed by atoms with van der Waals surface area (Å²) in [5, 5.41) is 17.6. The van der Waals surface area contributed by atoms with Crippen LogP contribution in [0, 0.1) is 11.3 Å². The Morgan fingerprint density at radius 2 is 2.00 bits per heavy atom. The second-order valence-corrected chi connectivity index (χ2v) is 3.91. The monoisotopic (exact) mass is 289 g/mol. The van der Waals surface area contributed by atoms with Gasteiger partial charge in [0.2, 0.25) is 0 Å². The van der Waals surface area contributed by atoms with E-state index in [1.54, 1.807) is 24.3 Å². The molecule has 2 nitrogen and oxygen atoms in total. The second-order valence-electron chi connectivity index (χ2n) is 2.21. The van der Waals surface area contributed by atoms with Gasteiger partial charge in [-0.2, -0.15) is 5.26 Å². The summed E-state index contributed by atoms with van der Waals surface area (Å²) in [5.41, 5.74) is 0.590. The molecule has 0 aliphatic rings. The zero-order valence-electron chi connectivity index (χ0n) is 5.96. The highest BCUT2D eigenvalue weighted by molar-refractivity contribution is 9.13. The third kappa shape index (κ3) is 2.07. The van der Waals surface area contributed by atoms with Crippen LogP contribution in [0.25, 0.3) is 0 Å². The Hall–Kier alpha value is -0.370. The topological polar surface area (TPSA) is 44.0 Å². The summed E-state index contributed by atoms with van der Waals surface area (Å²) in [6.45, 7) is 0. The molecule has 4 heteroatoms. The highest BCUT2D eigenvalue weighted by Gasteiger charge is 2.06. The summed E-state index contributed by atoms with van der Waals surface area (Å²) in [6.07, 6.45) is -1.05. The van der Waals surface area contributed by atoms with Crippen LogP contribution >= 0.6 is 31.9 Å². The van der Waals surface area contributed by atoms with E-state index in [2.05, 4.69) is 31.9 Å². The van der Waals surface area contributed by atoms with Crippen LogP contribution in [0.1, 0.15) is 11.7 Å². The van der Waals surface area contributed by atoms with Crippen molar-refractivity contribution >= 4 is 31.9 Å². The van der Waals surface area contributed by atoms with E-state index in [0.29, 0.717) is 5.56 Å². The maximum absolute atomic E-state index is 9.15. The number of nitriles is 1. The van der Waals surface area contributed by atoms with Gasteiger partial charge in [0.15, 0.2) is 6.10 Å². The van der Waals surface area contributed by atoms with Crippen molar-refractivity contribution < 1.29 is 5.11 Å². The Labute approximate surface area is 87.1 Å². The summed E-state index contributed by atoms with van der Waals surface area (Å²) >= 11 is 6.57. The molecule has 1 atom stereocenters. The van der Waals surface area contributed by atoms with Crippen LogP contribution in [0.15, 0.2) is 27.1 Å². The molecule has 0 aliphatic carbocycles. The van der Waals surface area contributed by atoms with E-state index in [0.717, 1.165) is 8.95 Å². The molecular formula is C8H5Br2NO. The molecule has 1 unspecified atom stereocenters. The fourth-order valence-corrected chi connectivity index (χ4v) is 1.40. The second kappa shape index (κ2) is 4.04. The molecule has 0 heterocycles. The van der Waals surface area contributed by atoms with Gasteiger partial charge in [-0.3, -0.25) is 0 Å². The molecule has 0 aliphatic heterocycles. The van der Waals surface area contributed by atoms with E-state index >= 15 is 0 Å². The predicted molar refractivity (Wildman–Crippen MR) is 52.4 cm³/mol. The smallest absolute Gasteiger partial charge is 0.165 e. The van der Waals surface area contributed by atoms with Gasteiger partial charge in [0.25, 0.3) is 0 Å². The molecule has 0 spiro atoms. The van der Waals surface area contributed by atoms with Crippen LogP contribution in [0.4, 0.5) is 0 Å². The summed E-state index contributed by atoms with van der Waals surface area (Å²) in [7, 11) is 0. The van der Waals surface area contributed by atoms with E-state index in [-0.39, 0.29) is 0 Å². The maximum atomic E-state index is 9.15. The molecule has 1 rings (SSSR count). The number of hydrogen-bond donors (Lipinski definition) is 1. The van der Waals surface area contributed by atoms with Gasteiger partial charge in [-0.15, -0.1) is 0 Å². The Kier molecular flexibility index (Phi) is 3.27. The molecule has 0 aromatic heterocycles. The molecule has 0 radical (unpaired) electrons. The average molecular weight is 291 g/mol. The number of hydrogen-bond acceptors (Lipinski definition) is 2. The summed E-state index contributed by atoms with van der Waals surface area (Å²) in [4.78, 5) is 0. The van der Waals surface area contributed by atoms with Gasteiger partial charge in [-0.1, -0.05) is 6.07 Å². The number of rotatable bonds is 1. The standard InChI is InChI=1S/C8H5Br2NO/c9-6-2-1-5(3-7(6)10)8(12)4-11/h1-3,8,12H. The lowest BCUT2D eigenvalue weighted by atomic mass is 10.1. The fourth-order valence-electron chi connectivity index (χ4n) is 0.757. The first-order chi connectivity index (χ1) is 5.65. The number of aliphatic hydroxyl groups is 1. The Morgan fingerprint density at radius 1 is 1.33 bits per heavy atom. The number of aliphatic hydroxyl groups excluding tert-OH is 1. The Balaban J connectivity index is 3.06. The zero-order valence-corrected chi connectivity index (χ0v) is 9.13. The van der Waals surface area contributed by atoms with Gasteiger partial charge in [0.05, 0.1) is 6.07 Å². The summed E-state index contributed by atoms with van der Waals surface area (Å²) in [6, 6.07) is 6.93. The minimum atomic E-state index is -1.05. The predicted octanol–water partition coefficient (Wildman–Crippen LogP) is 2.77. The highest BCUT2D eigenvalue weighted by Crippen LogP contribution is 2.26. The van der Waals surface area contributed by atoms with Crippen molar-refractivity contribution in [1.29, 1.82) is 5.26 Å². The molecule has 0 saturated carbocycles. The van der Waals surface area contributed by atoms with Gasteiger partial charge < -0.3 is 5.11 Å². The van der Waals surface area contributed by atoms with E-state index in [4.69, 9.17) is 10.4 Å². The normalized spacial score (nSPS) is 12.2. The van der Waals surface area contributed by atoms with Gasteiger partial charge in [0.1, 0.15) is 0 Å². The van der Waals surface area contributed by atoms with Crippen molar-refractivity contribution in [2.24, 2.45) is 0 Å². The van der Waals surface area contributed by atoms with Crippen molar-refractivity contribution in [3.63, 3.8) is 0 Å².